The second-order valence-corrected chi connectivity index (χ2v) is 3.84. The molecule has 0 aliphatic heterocycles. The quantitative estimate of drug-likeness (QED) is 0.856. The van der Waals surface area contributed by atoms with E-state index in [-0.39, 0.29) is 6.61 Å². The molecule has 18 heavy (non-hydrogen) atoms. The average molecular weight is 239 g/mol. The fourth-order valence-corrected chi connectivity index (χ4v) is 1.60. The molecule has 90 valence electrons. The Morgan fingerprint density at radius 2 is 1.89 bits per heavy atom. The van der Waals surface area contributed by atoms with Crippen LogP contribution in [0.4, 0.5) is 5.69 Å². The van der Waals surface area contributed by atoms with Gasteiger partial charge in [0.15, 0.2) is 5.69 Å². The van der Waals surface area contributed by atoms with E-state index in [1.807, 2.05) is 36.4 Å². The Morgan fingerprint density at radius 3 is 2.56 bits per heavy atom. The third-order valence-electron chi connectivity index (χ3n) is 2.60. The van der Waals surface area contributed by atoms with Crippen LogP contribution in [-0.4, -0.2) is 10.1 Å². The maximum Gasteiger partial charge on any atom is 0.163 e. The molecule has 1 heterocycles. The number of aliphatic hydroxyl groups excluding tert-OH is 1. The molecule has 0 amide bonds. The molecule has 2 aromatic rings. The lowest BCUT2D eigenvalue weighted by atomic mass is 10.1. The van der Waals surface area contributed by atoms with Crippen molar-refractivity contribution in [2.75, 3.05) is 5.32 Å². The van der Waals surface area contributed by atoms with Gasteiger partial charge in [0, 0.05) is 12.7 Å². The third-order valence-corrected chi connectivity index (χ3v) is 2.60. The summed E-state index contributed by atoms with van der Waals surface area (Å²) in [4.78, 5) is 3.98. The fourth-order valence-electron chi connectivity index (χ4n) is 1.60. The Morgan fingerprint density at radius 1 is 1.17 bits per heavy atom. The lowest BCUT2D eigenvalue weighted by Crippen LogP contribution is -2.02. The third kappa shape index (κ3) is 2.84. The summed E-state index contributed by atoms with van der Waals surface area (Å²) in [6.45, 7) is 0.668. The van der Waals surface area contributed by atoms with Gasteiger partial charge >= 0.3 is 0 Å². The van der Waals surface area contributed by atoms with Crippen molar-refractivity contribution in [1.82, 2.24) is 4.98 Å². The molecule has 0 unspecified atom stereocenters. The highest BCUT2D eigenvalue weighted by Crippen LogP contribution is 2.13. The molecule has 0 radical (unpaired) electrons. The van der Waals surface area contributed by atoms with Crippen LogP contribution in [0.5, 0.6) is 0 Å². The Kier molecular flexibility index (Phi) is 3.90. The first-order chi connectivity index (χ1) is 8.83. The minimum absolute atomic E-state index is 0.0505. The highest BCUT2D eigenvalue weighted by Gasteiger charge is 2.01. The van der Waals surface area contributed by atoms with Crippen molar-refractivity contribution in [3.05, 3.63) is 59.4 Å². The minimum Gasteiger partial charge on any atom is -0.392 e. The van der Waals surface area contributed by atoms with Crippen LogP contribution in [0, 0.1) is 11.3 Å². The average Bonchev–Trinajstić information content (AvgIpc) is 2.46. The van der Waals surface area contributed by atoms with Crippen molar-refractivity contribution in [2.24, 2.45) is 0 Å². The van der Waals surface area contributed by atoms with Gasteiger partial charge in [0.1, 0.15) is 6.07 Å². The second kappa shape index (κ2) is 5.80. The van der Waals surface area contributed by atoms with Crippen molar-refractivity contribution < 1.29 is 5.11 Å². The molecular weight excluding hydrogens is 226 g/mol. The van der Waals surface area contributed by atoms with Crippen molar-refractivity contribution in [3.8, 4) is 6.07 Å². The van der Waals surface area contributed by atoms with Crippen molar-refractivity contribution in [3.63, 3.8) is 0 Å². The molecule has 0 saturated heterocycles. The van der Waals surface area contributed by atoms with Crippen molar-refractivity contribution in [2.45, 2.75) is 13.2 Å². The molecule has 2 rings (SSSR count). The van der Waals surface area contributed by atoms with Gasteiger partial charge in [-0.1, -0.05) is 24.3 Å². The number of aromatic nitrogens is 1. The van der Waals surface area contributed by atoms with E-state index >= 15 is 0 Å². The smallest absolute Gasteiger partial charge is 0.163 e. The topological polar surface area (TPSA) is 68.9 Å². The van der Waals surface area contributed by atoms with Crippen LogP contribution < -0.4 is 5.32 Å². The van der Waals surface area contributed by atoms with Crippen LogP contribution in [0.15, 0.2) is 42.6 Å². The molecule has 0 aliphatic rings. The van der Waals surface area contributed by atoms with Crippen LogP contribution in [0.25, 0.3) is 0 Å². The van der Waals surface area contributed by atoms with Crippen LogP contribution in [0.1, 0.15) is 16.8 Å². The van der Waals surface area contributed by atoms with Gasteiger partial charge < -0.3 is 10.4 Å². The van der Waals surface area contributed by atoms with Crippen LogP contribution in [0.3, 0.4) is 0 Å². The number of rotatable bonds is 4. The summed E-state index contributed by atoms with van der Waals surface area (Å²) >= 11 is 0. The predicted molar refractivity (Wildman–Crippen MR) is 68.6 cm³/mol. The molecule has 1 aromatic carbocycles. The summed E-state index contributed by atoms with van der Waals surface area (Å²) in [7, 11) is 0. The summed E-state index contributed by atoms with van der Waals surface area (Å²) in [5, 5.41) is 21.0. The van der Waals surface area contributed by atoms with Crippen LogP contribution in [0.2, 0.25) is 0 Å². The number of aliphatic hydroxyl groups is 1. The summed E-state index contributed by atoms with van der Waals surface area (Å²) in [6.07, 6.45) is 1.60. The number of hydrogen-bond acceptors (Lipinski definition) is 4. The van der Waals surface area contributed by atoms with E-state index in [9.17, 15) is 0 Å². The Hall–Kier alpha value is -2.38. The largest absolute Gasteiger partial charge is 0.392 e. The lowest BCUT2D eigenvalue weighted by Gasteiger charge is -2.07. The second-order valence-electron chi connectivity index (χ2n) is 3.84. The number of anilines is 1. The van der Waals surface area contributed by atoms with E-state index < -0.39 is 0 Å². The molecule has 2 N–H and O–H groups in total. The summed E-state index contributed by atoms with van der Waals surface area (Å²) in [6, 6.07) is 13.3. The molecule has 0 fully saturated rings. The first-order valence-corrected chi connectivity index (χ1v) is 5.61. The van der Waals surface area contributed by atoms with Crippen LogP contribution in [-0.2, 0) is 13.2 Å². The van der Waals surface area contributed by atoms with Gasteiger partial charge in [-0.05, 0) is 23.3 Å². The zero-order valence-electron chi connectivity index (χ0n) is 9.80. The van der Waals surface area contributed by atoms with E-state index in [0.29, 0.717) is 12.2 Å². The van der Waals surface area contributed by atoms with Crippen molar-refractivity contribution in [1.29, 1.82) is 5.26 Å². The molecular formula is C14H13N3O. The lowest BCUT2D eigenvalue weighted by molar-refractivity contribution is 0.282. The monoisotopic (exact) mass is 239 g/mol. The highest BCUT2D eigenvalue weighted by atomic mass is 16.3. The van der Waals surface area contributed by atoms with Crippen molar-refractivity contribution >= 4 is 5.69 Å². The Balaban J connectivity index is 2.05. The number of nitrogens with one attached hydrogen (secondary N) is 1. The zero-order chi connectivity index (χ0) is 12.8. The molecule has 4 nitrogen and oxygen atoms in total. The molecule has 1 aromatic heterocycles. The Labute approximate surface area is 106 Å². The van der Waals surface area contributed by atoms with Gasteiger partial charge in [0.2, 0.25) is 0 Å². The minimum atomic E-state index is 0.0505. The number of nitrogens with zero attached hydrogens (tertiary/aromatic N) is 2. The van der Waals surface area contributed by atoms with Gasteiger partial charge in [-0.2, -0.15) is 5.26 Å². The van der Waals surface area contributed by atoms with E-state index in [1.54, 1.807) is 12.3 Å². The molecule has 4 heteroatoms. The van der Waals surface area contributed by atoms with Gasteiger partial charge in [-0.3, -0.25) is 0 Å². The molecule has 0 spiro atoms. The highest BCUT2D eigenvalue weighted by molar-refractivity contribution is 5.53. The normalized spacial score (nSPS) is 9.78. The molecule has 0 saturated carbocycles. The maximum absolute atomic E-state index is 8.94. The number of benzene rings is 1. The zero-order valence-corrected chi connectivity index (χ0v) is 9.80. The maximum atomic E-state index is 8.94. The van der Waals surface area contributed by atoms with E-state index in [1.165, 1.54) is 0 Å². The SMILES string of the molecule is N#Cc1ncccc1NCc1ccc(CO)cc1. The van der Waals surface area contributed by atoms with Gasteiger partial charge in [-0.25, -0.2) is 4.98 Å². The molecule has 0 atom stereocenters. The summed E-state index contributed by atoms with van der Waals surface area (Å²) in [5.41, 5.74) is 3.09. The molecule has 0 aliphatic carbocycles. The predicted octanol–water partition coefficient (Wildman–Crippen LogP) is 2.06. The summed E-state index contributed by atoms with van der Waals surface area (Å²) < 4.78 is 0. The van der Waals surface area contributed by atoms with Gasteiger partial charge in [-0.15, -0.1) is 0 Å². The molecule has 0 bridgehead atoms. The Bertz CT molecular complexity index is 558. The first-order valence-electron chi connectivity index (χ1n) is 5.61. The number of hydrogen-bond donors (Lipinski definition) is 2. The van der Waals surface area contributed by atoms with E-state index in [2.05, 4.69) is 10.3 Å². The van der Waals surface area contributed by atoms with E-state index in [4.69, 9.17) is 10.4 Å². The van der Waals surface area contributed by atoms with Crippen LogP contribution >= 0.6 is 0 Å². The first kappa shape index (κ1) is 12.1. The number of nitriles is 1. The summed E-state index contributed by atoms with van der Waals surface area (Å²) in [5.74, 6) is 0. The number of pyridine rings is 1. The fraction of sp³-hybridized carbons (Fsp3) is 0.143. The van der Waals surface area contributed by atoms with Gasteiger partial charge in [0.05, 0.1) is 12.3 Å². The van der Waals surface area contributed by atoms with E-state index in [0.717, 1.165) is 16.8 Å². The van der Waals surface area contributed by atoms with Gasteiger partial charge in [0.25, 0.3) is 0 Å². The standard InChI is InChI=1S/C14H13N3O/c15-8-14-13(2-1-7-16-14)17-9-11-3-5-12(10-18)6-4-11/h1-7,17-18H,9-10H2.